The lowest BCUT2D eigenvalue weighted by Gasteiger charge is -2.34. The number of ether oxygens (including phenoxy) is 3. The Balaban J connectivity index is 4.38. The van der Waals surface area contributed by atoms with Gasteiger partial charge in [0.15, 0.2) is 6.10 Å². The molecule has 0 spiro atoms. The van der Waals surface area contributed by atoms with E-state index >= 15 is 0 Å². The standard InChI is InChI=1S/C37H67NO7/c1-6-8-10-12-14-15-16-17-18-19-20-22-23-25-27-35(39)44-32-33(31-43-30-29-34(37(41)42)38(3,4)5)45-36(40)28-26-24-21-13-11-9-7-2/h9,11,21,24,33-34H,6-8,10,12-20,22-23,25-32H2,1-5H3/b11-9+,24-21+. The maximum atomic E-state index is 12.5. The van der Waals surface area contributed by atoms with Crippen LogP contribution in [0.25, 0.3) is 0 Å². The van der Waals surface area contributed by atoms with Crippen LogP contribution < -0.4 is 5.11 Å². The lowest BCUT2D eigenvalue weighted by atomic mass is 10.0. The number of unbranched alkanes of at least 4 members (excludes halogenated alkanes) is 13. The fourth-order valence-corrected chi connectivity index (χ4v) is 5.07. The number of rotatable bonds is 31. The number of nitrogens with zero attached hydrogens (tertiary/aromatic N) is 1. The average Bonchev–Trinajstić information content (AvgIpc) is 2.98. The quantitative estimate of drug-likeness (QED) is 0.0342. The molecule has 2 atom stereocenters. The van der Waals surface area contributed by atoms with E-state index in [4.69, 9.17) is 14.2 Å². The maximum Gasteiger partial charge on any atom is 0.306 e. The highest BCUT2D eigenvalue weighted by molar-refractivity contribution is 5.70. The fourth-order valence-electron chi connectivity index (χ4n) is 5.07. The molecule has 0 aliphatic carbocycles. The van der Waals surface area contributed by atoms with Gasteiger partial charge in [-0.3, -0.25) is 9.59 Å². The highest BCUT2D eigenvalue weighted by Crippen LogP contribution is 2.14. The van der Waals surface area contributed by atoms with Crippen molar-refractivity contribution < 1.29 is 38.2 Å². The van der Waals surface area contributed by atoms with Crippen LogP contribution in [0.15, 0.2) is 24.3 Å². The van der Waals surface area contributed by atoms with Gasteiger partial charge in [0.1, 0.15) is 12.6 Å². The number of likely N-dealkylation sites (N-methyl/N-ethyl adjacent to an activating group) is 1. The van der Waals surface area contributed by atoms with Gasteiger partial charge in [-0.15, -0.1) is 0 Å². The van der Waals surface area contributed by atoms with Crippen molar-refractivity contribution in [1.29, 1.82) is 0 Å². The second-order valence-corrected chi connectivity index (χ2v) is 13.1. The van der Waals surface area contributed by atoms with E-state index in [0.717, 1.165) is 32.1 Å². The number of aliphatic carboxylic acids is 1. The zero-order chi connectivity index (χ0) is 33.6. The first-order valence-corrected chi connectivity index (χ1v) is 17.9. The van der Waals surface area contributed by atoms with Crippen molar-refractivity contribution >= 4 is 17.9 Å². The molecule has 0 bridgehead atoms. The molecule has 8 nitrogen and oxygen atoms in total. The third-order valence-corrected chi connectivity index (χ3v) is 7.87. The molecule has 0 heterocycles. The molecule has 0 amide bonds. The highest BCUT2D eigenvalue weighted by Gasteiger charge is 2.25. The van der Waals surface area contributed by atoms with E-state index in [1.165, 1.54) is 70.6 Å². The zero-order valence-electron chi connectivity index (χ0n) is 29.5. The van der Waals surface area contributed by atoms with Crippen LogP contribution in [-0.2, 0) is 28.6 Å². The minimum Gasteiger partial charge on any atom is -0.544 e. The number of carbonyl (C=O) groups excluding carboxylic acids is 3. The van der Waals surface area contributed by atoms with Crippen molar-refractivity contribution in [3.05, 3.63) is 24.3 Å². The molecule has 0 radical (unpaired) electrons. The largest absolute Gasteiger partial charge is 0.544 e. The van der Waals surface area contributed by atoms with Crippen LogP contribution in [0.5, 0.6) is 0 Å². The topological polar surface area (TPSA) is 102 Å². The molecule has 8 heteroatoms. The number of carbonyl (C=O) groups is 3. The Morgan fingerprint density at radius 2 is 1.24 bits per heavy atom. The second-order valence-electron chi connectivity index (χ2n) is 13.1. The van der Waals surface area contributed by atoms with Crippen LogP contribution >= 0.6 is 0 Å². The maximum absolute atomic E-state index is 12.5. The monoisotopic (exact) mass is 637 g/mol. The van der Waals surface area contributed by atoms with Crippen LogP contribution in [0.1, 0.15) is 142 Å². The van der Waals surface area contributed by atoms with Gasteiger partial charge in [0.25, 0.3) is 0 Å². The summed E-state index contributed by atoms with van der Waals surface area (Å²) in [6.45, 7) is 4.43. The Bertz CT molecular complexity index is 803. The van der Waals surface area contributed by atoms with Gasteiger partial charge in [-0.25, -0.2) is 0 Å². The molecule has 0 aromatic rings. The molecule has 0 aliphatic rings. The Kier molecular flexibility index (Phi) is 27.8. The molecular formula is C37H67NO7. The smallest absolute Gasteiger partial charge is 0.306 e. The van der Waals surface area contributed by atoms with Crippen LogP contribution in [-0.4, -0.2) is 75.5 Å². The van der Waals surface area contributed by atoms with Gasteiger partial charge in [-0.1, -0.05) is 122 Å². The zero-order valence-corrected chi connectivity index (χ0v) is 29.5. The van der Waals surface area contributed by atoms with Crippen LogP contribution in [0, 0.1) is 0 Å². The number of carboxylic acid groups (broad SMARTS) is 1. The normalized spacial score (nSPS) is 13.4. The molecule has 45 heavy (non-hydrogen) atoms. The predicted molar refractivity (Wildman–Crippen MR) is 180 cm³/mol. The van der Waals surface area contributed by atoms with Gasteiger partial charge >= 0.3 is 11.9 Å². The average molecular weight is 638 g/mol. The Morgan fingerprint density at radius 1 is 0.689 bits per heavy atom. The van der Waals surface area contributed by atoms with E-state index < -0.39 is 18.1 Å². The first-order chi connectivity index (χ1) is 21.6. The molecule has 0 N–H and O–H groups in total. The van der Waals surface area contributed by atoms with Gasteiger partial charge in [0.2, 0.25) is 0 Å². The molecule has 0 aromatic heterocycles. The van der Waals surface area contributed by atoms with E-state index in [2.05, 4.69) is 26.0 Å². The number of carboxylic acids is 1. The molecule has 0 rings (SSSR count). The summed E-state index contributed by atoms with van der Waals surface area (Å²) < 4.78 is 16.9. The molecule has 0 aromatic carbocycles. The molecule has 0 saturated heterocycles. The first kappa shape index (κ1) is 42.8. The van der Waals surface area contributed by atoms with Gasteiger partial charge in [-0.05, 0) is 25.7 Å². The molecule has 262 valence electrons. The van der Waals surface area contributed by atoms with Gasteiger partial charge in [0, 0.05) is 19.3 Å². The van der Waals surface area contributed by atoms with Crippen molar-refractivity contribution in [2.45, 2.75) is 154 Å². The number of quaternary nitrogens is 1. The number of hydrogen-bond donors (Lipinski definition) is 0. The van der Waals surface area contributed by atoms with E-state index in [-0.39, 0.29) is 49.1 Å². The van der Waals surface area contributed by atoms with E-state index in [9.17, 15) is 19.5 Å². The summed E-state index contributed by atoms with van der Waals surface area (Å²) in [6, 6.07) is -0.729. The number of hydrogen-bond acceptors (Lipinski definition) is 7. The Hall–Kier alpha value is -2.19. The van der Waals surface area contributed by atoms with Gasteiger partial charge in [-0.2, -0.15) is 0 Å². The van der Waals surface area contributed by atoms with Crippen molar-refractivity contribution in [1.82, 2.24) is 0 Å². The molecular weight excluding hydrogens is 570 g/mol. The lowest BCUT2D eigenvalue weighted by Crippen LogP contribution is -2.55. The van der Waals surface area contributed by atoms with Crippen molar-refractivity contribution in [2.24, 2.45) is 0 Å². The number of allylic oxidation sites excluding steroid dienone is 4. The van der Waals surface area contributed by atoms with Crippen molar-refractivity contribution in [3.63, 3.8) is 0 Å². The summed E-state index contributed by atoms with van der Waals surface area (Å²) in [7, 11) is 5.37. The van der Waals surface area contributed by atoms with Crippen LogP contribution in [0.3, 0.4) is 0 Å². The van der Waals surface area contributed by atoms with E-state index in [1.807, 2.05) is 12.2 Å². The summed E-state index contributed by atoms with van der Waals surface area (Å²) in [5.41, 5.74) is 0. The van der Waals surface area contributed by atoms with Gasteiger partial charge < -0.3 is 28.6 Å². The summed E-state index contributed by atoms with van der Waals surface area (Å²) in [5.74, 6) is -1.83. The molecule has 0 aliphatic heterocycles. The lowest BCUT2D eigenvalue weighted by molar-refractivity contribution is -0.889. The third-order valence-electron chi connectivity index (χ3n) is 7.87. The summed E-state index contributed by atoms with van der Waals surface area (Å²) in [6.07, 6.45) is 28.1. The van der Waals surface area contributed by atoms with Crippen molar-refractivity contribution in [2.75, 3.05) is 41.0 Å². The Labute approximate surface area is 275 Å². The van der Waals surface area contributed by atoms with E-state index in [1.54, 1.807) is 21.1 Å². The molecule has 2 unspecified atom stereocenters. The molecule has 0 fully saturated rings. The minimum absolute atomic E-state index is 0.0203. The van der Waals surface area contributed by atoms with Crippen molar-refractivity contribution in [3.8, 4) is 0 Å². The first-order valence-electron chi connectivity index (χ1n) is 17.9. The molecule has 0 saturated carbocycles. The predicted octanol–water partition coefficient (Wildman–Crippen LogP) is 7.24. The third kappa shape index (κ3) is 27.8. The Morgan fingerprint density at radius 3 is 1.78 bits per heavy atom. The SMILES string of the molecule is CC/C=C/C/C=C/CCC(=O)OC(COCCC(C(=O)[O-])[N+](C)(C)C)COC(=O)CCCCCCCCCCCCCCCC. The summed E-state index contributed by atoms with van der Waals surface area (Å²) >= 11 is 0. The number of esters is 2. The highest BCUT2D eigenvalue weighted by atomic mass is 16.6. The minimum atomic E-state index is -1.13. The van der Waals surface area contributed by atoms with E-state index in [0.29, 0.717) is 12.8 Å². The van der Waals surface area contributed by atoms with Crippen LogP contribution in [0.4, 0.5) is 0 Å². The summed E-state index contributed by atoms with van der Waals surface area (Å²) in [4.78, 5) is 36.4. The van der Waals surface area contributed by atoms with Crippen LogP contribution in [0.2, 0.25) is 0 Å². The summed E-state index contributed by atoms with van der Waals surface area (Å²) in [5, 5.41) is 11.5. The second kappa shape index (κ2) is 29.2. The fraction of sp³-hybridized carbons (Fsp3) is 0.811. The van der Waals surface area contributed by atoms with Gasteiger partial charge in [0.05, 0.1) is 40.3 Å².